The molecule has 1 aliphatic heterocycles. The van der Waals surface area contributed by atoms with E-state index in [0.29, 0.717) is 11.3 Å². The van der Waals surface area contributed by atoms with Crippen LogP contribution in [0.15, 0.2) is 0 Å². The quantitative estimate of drug-likeness (QED) is 0.584. The van der Waals surface area contributed by atoms with Gasteiger partial charge in [-0.05, 0) is 57.2 Å². The summed E-state index contributed by atoms with van der Waals surface area (Å²) in [6.07, 6.45) is 6.14. The molecule has 1 aliphatic rings. The summed E-state index contributed by atoms with van der Waals surface area (Å²) < 4.78 is 0. The fraction of sp³-hybridized carbons (Fsp3) is 0.933. The number of nitrogens with two attached hydrogens (primary N) is 1. The maximum Gasteiger partial charge on any atom is 0.0963 e. The molecular weight excluding hydrogens is 222 g/mol. The van der Waals surface area contributed by atoms with Gasteiger partial charge in [0, 0.05) is 5.41 Å². The molecule has 1 saturated heterocycles. The van der Waals surface area contributed by atoms with Crippen molar-refractivity contribution in [2.24, 2.45) is 16.6 Å². The van der Waals surface area contributed by atoms with Crippen LogP contribution in [0.25, 0.3) is 0 Å². The van der Waals surface area contributed by atoms with Crippen LogP contribution in [0.5, 0.6) is 0 Å². The van der Waals surface area contributed by atoms with Crippen LogP contribution < -0.4 is 5.73 Å². The highest BCUT2D eigenvalue weighted by molar-refractivity contribution is 5.82. The van der Waals surface area contributed by atoms with Crippen LogP contribution in [0, 0.1) is 16.2 Å². The van der Waals surface area contributed by atoms with Gasteiger partial charge >= 0.3 is 0 Å². The molecule has 1 rings (SSSR count). The predicted octanol–water partition coefficient (Wildman–Crippen LogP) is 3.24. The molecule has 0 aromatic carbocycles. The van der Waals surface area contributed by atoms with Gasteiger partial charge in [0.05, 0.1) is 5.84 Å². The molecule has 18 heavy (non-hydrogen) atoms. The lowest BCUT2D eigenvalue weighted by molar-refractivity contribution is 0.250. The van der Waals surface area contributed by atoms with Crippen molar-refractivity contribution in [3.63, 3.8) is 0 Å². The zero-order chi connectivity index (χ0) is 13.8. The molecule has 0 spiro atoms. The highest BCUT2D eigenvalue weighted by atomic mass is 15.1. The van der Waals surface area contributed by atoms with Crippen LogP contribution in [-0.2, 0) is 0 Å². The predicted molar refractivity (Wildman–Crippen MR) is 79.0 cm³/mol. The van der Waals surface area contributed by atoms with E-state index in [9.17, 15) is 0 Å². The average Bonchev–Trinajstić information content (AvgIpc) is 2.40. The van der Waals surface area contributed by atoms with E-state index in [0.717, 1.165) is 19.4 Å². The second-order valence-corrected chi connectivity index (χ2v) is 7.26. The molecule has 3 N–H and O–H groups in total. The van der Waals surface area contributed by atoms with E-state index in [1.165, 1.54) is 32.4 Å². The number of hydrogen-bond acceptors (Lipinski definition) is 2. The van der Waals surface area contributed by atoms with Gasteiger partial charge in [-0.2, -0.15) is 0 Å². The van der Waals surface area contributed by atoms with Gasteiger partial charge in [-0.25, -0.2) is 0 Å². The Bertz CT molecular complexity index is 281. The second-order valence-electron chi connectivity index (χ2n) is 7.26. The van der Waals surface area contributed by atoms with E-state index >= 15 is 0 Å². The first-order valence-electron chi connectivity index (χ1n) is 7.30. The van der Waals surface area contributed by atoms with E-state index in [1.54, 1.807) is 0 Å². The minimum absolute atomic E-state index is 0.134. The standard InChI is InChI=1S/C15H31N3/c1-14(2)7-5-10-18(12-9-14)11-6-8-15(3,4)13(16)17/h5-12H2,1-4H3,(H3,16,17). The number of hydrogen-bond donors (Lipinski definition) is 2. The first-order chi connectivity index (χ1) is 8.23. The molecule has 0 amide bonds. The maximum absolute atomic E-state index is 7.57. The maximum atomic E-state index is 7.57. The van der Waals surface area contributed by atoms with Gasteiger partial charge in [0.25, 0.3) is 0 Å². The van der Waals surface area contributed by atoms with Gasteiger partial charge in [-0.3, -0.25) is 5.41 Å². The third-order valence-corrected chi connectivity index (χ3v) is 4.44. The summed E-state index contributed by atoms with van der Waals surface area (Å²) >= 11 is 0. The number of rotatable bonds is 5. The molecule has 0 radical (unpaired) electrons. The van der Waals surface area contributed by atoms with Gasteiger partial charge in [0.15, 0.2) is 0 Å². The third kappa shape index (κ3) is 4.97. The van der Waals surface area contributed by atoms with Gasteiger partial charge in [-0.1, -0.05) is 27.7 Å². The largest absolute Gasteiger partial charge is 0.387 e. The zero-order valence-electron chi connectivity index (χ0n) is 12.7. The lowest BCUT2D eigenvalue weighted by Gasteiger charge is -2.26. The highest BCUT2D eigenvalue weighted by Gasteiger charge is 2.24. The average molecular weight is 253 g/mol. The molecular formula is C15H31N3. The third-order valence-electron chi connectivity index (χ3n) is 4.44. The van der Waals surface area contributed by atoms with Crippen molar-refractivity contribution in [3.8, 4) is 0 Å². The normalized spacial score (nSPS) is 21.6. The summed E-state index contributed by atoms with van der Waals surface area (Å²) in [4.78, 5) is 2.59. The first-order valence-corrected chi connectivity index (χ1v) is 7.30. The van der Waals surface area contributed by atoms with E-state index in [2.05, 4.69) is 32.6 Å². The van der Waals surface area contributed by atoms with Crippen molar-refractivity contribution in [2.75, 3.05) is 19.6 Å². The first kappa shape index (κ1) is 15.5. The van der Waals surface area contributed by atoms with Crippen LogP contribution in [-0.4, -0.2) is 30.4 Å². The van der Waals surface area contributed by atoms with Gasteiger partial charge in [-0.15, -0.1) is 0 Å². The summed E-state index contributed by atoms with van der Waals surface area (Å²) in [7, 11) is 0. The molecule has 0 saturated carbocycles. The number of nitrogens with zero attached hydrogens (tertiary/aromatic N) is 1. The smallest absolute Gasteiger partial charge is 0.0963 e. The van der Waals surface area contributed by atoms with Crippen LogP contribution >= 0.6 is 0 Å². The van der Waals surface area contributed by atoms with Crippen molar-refractivity contribution in [3.05, 3.63) is 0 Å². The molecule has 0 aromatic heterocycles. The number of likely N-dealkylation sites (tertiary alicyclic amines) is 1. The molecule has 0 atom stereocenters. The minimum atomic E-state index is -0.134. The fourth-order valence-electron chi connectivity index (χ4n) is 2.58. The van der Waals surface area contributed by atoms with Crippen LogP contribution in [0.1, 0.15) is 59.8 Å². The lowest BCUT2D eigenvalue weighted by Crippen LogP contribution is -2.33. The molecule has 3 heteroatoms. The minimum Gasteiger partial charge on any atom is -0.387 e. The summed E-state index contributed by atoms with van der Waals surface area (Å²) in [5, 5.41) is 7.57. The summed E-state index contributed by atoms with van der Waals surface area (Å²) in [6.45, 7) is 12.5. The number of nitrogens with one attached hydrogen (secondary N) is 1. The van der Waals surface area contributed by atoms with E-state index in [4.69, 9.17) is 11.1 Å². The Labute approximate surface area is 113 Å². The van der Waals surface area contributed by atoms with Crippen LogP contribution in [0.2, 0.25) is 0 Å². The van der Waals surface area contributed by atoms with Gasteiger partial charge in [0.2, 0.25) is 0 Å². The summed E-state index contributed by atoms with van der Waals surface area (Å²) in [5.41, 5.74) is 6.01. The molecule has 0 bridgehead atoms. The topological polar surface area (TPSA) is 53.1 Å². The lowest BCUT2D eigenvalue weighted by atomic mass is 9.85. The Morgan fingerprint density at radius 2 is 1.94 bits per heavy atom. The van der Waals surface area contributed by atoms with Crippen molar-refractivity contribution in [1.82, 2.24) is 4.90 Å². The molecule has 0 aromatic rings. The monoisotopic (exact) mass is 253 g/mol. The Kier molecular flexibility index (Phi) is 5.20. The van der Waals surface area contributed by atoms with E-state index in [1.807, 2.05) is 0 Å². The van der Waals surface area contributed by atoms with Crippen LogP contribution in [0.4, 0.5) is 0 Å². The van der Waals surface area contributed by atoms with Gasteiger partial charge < -0.3 is 10.6 Å². The fourth-order valence-corrected chi connectivity index (χ4v) is 2.58. The van der Waals surface area contributed by atoms with Crippen LogP contribution in [0.3, 0.4) is 0 Å². The highest BCUT2D eigenvalue weighted by Crippen LogP contribution is 2.30. The molecule has 0 aliphatic carbocycles. The molecule has 0 unspecified atom stereocenters. The summed E-state index contributed by atoms with van der Waals surface area (Å²) in [5.74, 6) is 0.319. The molecule has 1 heterocycles. The van der Waals surface area contributed by atoms with Crippen molar-refractivity contribution in [2.45, 2.75) is 59.8 Å². The van der Waals surface area contributed by atoms with Crippen molar-refractivity contribution >= 4 is 5.84 Å². The number of amidine groups is 1. The Morgan fingerprint density at radius 1 is 1.28 bits per heavy atom. The van der Waals surface area contributed by atoms with Crippen molar-refractivity contribution in [1.29, 1.82) is 5.41 Å². The van der Waals surface area contributed by atoms with Crippen molar-refractivity contribution < 1.29 is 0 Å². The Morgan fingerprint density at radius 3 is 2.56 bits per heavy atom. The molecule has 106 valence electrons. The summed E-state index contributed by atoms with van der Waals surface area (Å²) in [6, 6.07) is 0. The Balaban J connectivity index is 2.30. The van der Waals surface area contributed by atoms with Gasteiger partial charge in [0.1, 0.15) is 0 Å². The second kappa shape index (κ2) is 6.05. The van der Waals surface area contributed by atoms with E-state index < -0.39 is 0 Å². The molecule has 1 fully saturated rings. The SMILES string of the molecule is CC1(C)CCCN(CCCC(C)(C)C(=N)N)CC1. The Hall–Kier alpha value is -0.570. The molecule has 3 nitrogen and oxygen atoms in total. The zero-order valence-corrected chi connectivity index (χ0v) is 12.7. The van der Waals surface area contributed by atoms with E-state index in [-0.39, 0.29) is 5.41 Å².